The van der Waals surface area contributed by atoms with Crippen LogP contribution in [0.15, 0.2) is 70.1 Å². The second-order valence-corrected chi connectivity index (χ2v) is 6.67. The molecule has 0 atom stereocenters. The molecule has 0 aliphatic carbocycles. The van der Waals surface area contributed by atoms with Gasteiger partial charge in [0.25, 0.3) is 0 Å². The van der Waals surface area contributed by atoms with Crippen LogP contribution in [0, 0.1) is 0 Å². The van der Waals surface area contributed by atoms with Gasteiger partial charge in [0, 0.05) is 22.4 Å². The number of fused-ring (bicyclic) bond motifs is 1. The molecule has 0 aliphatic heterocycles. The van der Waals surface area contributed by atoms with Gasteiger partial charge in [-0.1, -0.05) is 35.3 Å². The van der Waals surface area contributed by atoms with E-state index >= 15 is 0 Å². The summed E-state index contributed by atoms with van der Waals surface area (Å²) in [6.07, 6.45) is 1.70. The van der Waals surface area contributed by atoms with Gasteiger partial charge in [0.15, 0.2) is 5.58 Å². The molecule has 0 bridgehead atoms. The Labute approximate surface area is 166 Å². The zero-order valence-corrected chi connectivity index (χ0v) is 15.8. The molecule has 0 saturated carbocycles. The summed E-state index contributed by atoms with van der Waals surface area (Å²) in [5.74, 6) is 1.28. The Morgan fingerprint density at radius 1 is 1.04 bits per heavy atom. The minimum Gasteiger partial charge on any atom is -0.497 e. The highest BCUT2D eigenvalue weighted by molar-refractivity contribution is 6.36. The Hall–Kier alpha value is -2.82. The first kappa shape index (κ1) is 17.6. The Balaban J connectivity index is 1.65. The molecule has 0 unspecified atom stereocenters. The molecule has 3 aromatic carbocycles. The van der Waals surface area contributed by atoms with Crippen LogP contribution in [0.25, 0.3) is 22.6 Å². The third-order valence-corrected chi connectivity index (χ3v) is 4.57. The second kappa shape index (κ2) is 7.43. The molecule has 1 aromatic heterocycles. The standard InChI is InChI=1S/C21H14Cl2N2O2/c1-26-17-4-2-3-13(9-17)21-25-19-11-16(7-8-20(19)27-21)24-12-14-5-6-15(22)10-18(14)23/h2-12H,1H3. The van der Waals surface area contributed by atoms with Crippen molar-refractivity contribution in [1.29, 1.82) is 0 Å². The topological polar surface area (TPSA) is 47.6 Å². The second-order valence-electron chi connectivity index (χ2n) is 5.83. The SMILES string of the molecule is COc1cccc(-c2nc3cc(N=Cc4ccc(Cl)cc4Cl)ccc3o2)c1. The van der Waals surface area contributed by atoms with Crippen LogP contribution in [0.2, 0.25) is 10.0 Å². The van der Waals surface area contributed by atoms with E-state index in [2.05, 4.69) is 9.98 Å². The molecule has 4 rings (SSSR count). The number of rotatable bonds is 4. The molecule has 4 nitrogen and oxygen atoms in total. The van der Waals surface area contributed by atoms with Crippen LogP contribution in [-0.4, -0.2) is 18.3 Å². The van der Waals surface area contributed by atoms with Crippen LogP contribution in [0.5, 0.6) is 5.75 Å². The Morgan fingerprint density at radius 2 is 1.93 bits per heavy atom. The molecule has 0 fully saturated rings. The summed E-state index contributed by atoms with van der Waals surface area (Å²) in [5.41, 5.74) is 3.81. The van der Waals surface area contributed by atoms with Crippen molar-refractivity contribution in [2.75, 3.05) is 7.11 Å². The number of aromatic nitrogens is 1. The van der Waals surface area contributed by atoms with Gasteiger partial charge >= 0.3 is 0 Å². The van der Waals surface area contributed by atoms with Crippen molar-refractivity contribution >= 4 is 46.2 Å². The number of aliphatic imine (C=N–C) groups is 1. The minimum absolute atomic E-state index is 0.533. The van der Waals surface area contributed by atoms with E-state index in [0.717, 1.165) is 28.1 Å². The largest absolute Gasteiger partial charge is 0.497 e. The number of benzene rings is 3. The summed E-state index contributed by atoms with van der Waals surface area (Å²) in [6.45, 7) is 0. The molecule has 0 spiro atoms. The highest BCUT2D eigenvalue weighted by Crippen LogP contribution is 2.29. The summed E-state index contributed by atoms with van der Waals surface area (Å²) in [5, 5.41) is 1.14. The molecule has 27 heavy (non-hydrogen) atoms. The average Bonchev–Trinajstić information content (AvgIpc) is 3.11. The summed E-state index contributed by atoms with van der Waals surface area (Å²) in [7, 11) is 1.63. The zero-order valence-electron chi connectivity index (χ0n) is 14.3. The van der Waals surface area contributed by atoms with Gasteiger partial charge in [0.2, 0.25) is 5.89 Å². The molecule has 0 aliphatic rings. The van der Waals surface area contributed by atoms with Crippen molar-refractivity contribution in [3.63, 3.8) is 0 Å². The number of hydrogen-bond donors (Lipinski definition) is 0. The molecule has 4 aromatic rings. The van der Waals surface area contributed by atoms with Crippen molar-refractivity contribution in [3.05, 3.63) is 76.3 Å². The molecular formula is C21H14Cl2N2O2. The van der Waals surface area contributed by atoms with Crippen LogP contribution in [0.4, 0.5) is 5.69 Å². The third kappa shape index (κ3) is 3.82. The van der Waals surface area contributed by atoms with Crippen LogP contribution in [0.1, 0.15) is 5.56 Å². The lowest BCUT2D eigenvalue weighted by molar-refractivity contribution is 0.415. The number of ether oxygens (including phenoxy) is 1. The summed E-state index contributed by atoms with van der Waals surface area (Å²) >= 11 is 12.1. The van der Waals surface area contributed by atoms with Crippen LogP contribution in [0.3, 0.4) is 0 Å². The molecule has 6 heteroatoms. The van der Waals surface area contributed by atoms with Crippen LogP contribution in [-0.2, 0) is 0 Å². The highest BCUT2D eigenvalue weighted by atomic mass is 35.5. The first-order valence-corrected chi connectivity index (χ1v) is 8.92. The number of hydrogen-bond acceptors (Lipinski definition) is 4. The lowest BCUT2D eigenvalue weighted by Crippen LogP contribution is -1.83. The number of nitrogens with zero attached hydrogens (tertiary/aromatic N) is 2. The van der Waals surface area contributed by atoms with Crippen molar-refractivity contribution < 1.29 is 9.15 Å². The maximum absolute atomic E-state index is 6.17. The first-order valence-electron chi connectivity index (χ1n) is 8.16. The van der Waals surface area contributed by atoms with E-state index in [9.17, 15) is 0 Å². The predicted octanol–water partition coefficient (Wildman–Crippen LogP) is 6.56. The molecule has 1 heterocycles. The van der Waals surface area contributed by atoms with Gasteiger partial charge in [0.05, 0.1) is 17.8 Å². The molecule has 0 radical (unpaired) electrons. The lowest BCUT2D eigenvalue weighted by Gasteiger charge is -2.00. The quantitative estimate of drug-likeness (QED) is 0.367. The summed E-state index contributed by atoms with van der Waals surface area (Å²) in [4.78, 5) is 9.04. The van der Waals surface area contributed by atoms with Gasteiger partial charge in [-0.2, -0.15) is 0 Å². The Morgan fingerprint density at radius 3 is 2.74 bits per heavy atom. The van der Waals surface area contributed by atoms with E-state index in [0.29, 0.717) is 21.5 Å². The fourth-order valence-electron chi connectivity index (χ4n) is 2.63. The van der Waals surface area contributed by atoms with Crippen molar-refractivity contribution in [2.24, 2.45) is 4.99 Å². The third-order valence-electron chi connectivity index (χ3n) is 4.00. The fraction of sp³-hybridized carbons (Fsp3) is 0.0476. The minimum atomic E-state index is 0.533. The Bertz CT molecular complexity index is 1150. The van der Waals surface area contributed by atoms with Gasteiger partial charge in [-0.15, -0.1) is 0 Å². The maximum Gasteiger partial charge on any atom is 0.227 e. The van der Waals surface area contributed by atoms with Gasteiger partial charge in [-0.05, 0) is 48.5 Å². The van der Waals surface area contributed by atoms with Gasteiger partial charge in [-0.3, -0.25) is 4.99 Å². The van der Waals surface area contributed by atoms with Gasteiger partial charge < -0.3 is 9.15 Å². The monoisotopic (exact) mass is 396 g/mol. The zero-order chi connectivity index (χ0) is 18.8. The predicted molar refractivity (Wildman–Crippen MR) is 110 cm³/mol. The highest BCUT2D eigenvalue weighted by Gasteiger charge is 2.09. The van der Waals surface area contributed by atoms with Gasteiger partial charge in [-0.25, -0.2) is 4.98 Å². The summed E-state index contributed by atoms with van der Waals surface area (Å²) < 4.78 is 11.1. The summed E-state index contributed by atoms with van der Waals surface area (Å²) in [6, 6.07) is 18.4. The van der Waals surface area contributed by atoms with E-state index < -0.39 is 0 Å². The van der Waals surface area contributed by atoms with Crippen molar-refractivity contribution in [1.82, 2.24) is 4.98 Å². The van der Waals surface area contributed by atoms with E-state index in [-0.39, 0.29) is 0 Å². The number of methoxy groups -OCH3 is 1. The molecule has 134 valence electrons. The number of oxazole rings is 1. The van der Waals surface area contributed by atoms with E-state index in [1.165, 1.54) is 0 Å². The van der Waals surface area contributed by atoms with Crippen LogP contribution >= 0.6 is 23.2 Å². The fourth-order valence-corrected chi connectivity index (χ4v) is 3.08. The maximum atomic E-state index is 6.17. The molecule has 0 amide bonds. The lowest BCUT2D eigenvalue weighted by atomic mass is 10.2. The molecule has 0 saturated heterocycles. The van der Waals surface area contributed by atoms with Crippen LogP contribution < -0.4 is 4.74 Å². The normalized spacial score (nSPS) is 11.4. The van der Waals surface area contributed by atoms with Crippen molar-refractivity contribution in [3.8, 4) is 17.2 Å². The van der Waals surface area contributed by atoms with Gasteiger partial charge in [0.1, 0.15) is 11.3 Å². The first-order chi connectivity index (χ1) is 13.1. The smallest absolute Gasteiger partial charge is 0.227 e. The molecule has 0 N–H and O–H groups in total. The van der Waals surface area contributed by atoms with E-state index in [1.54, 1.807) is 25.5 Å². The Kier molecular flexibility index (Phi) is 4.84. The number of halogens is 2. The molecular weight excluding hydrogens is 383 g/mol. The van der Waals surface area contributed by atoms with E-state index in [4.69, 9.17) is 32.4 Å². The average molecular weight is 397 g/mol. The van der Waals surface area contributed by atoms with Crippen molar-refractivity contribution in [2.45, 2.75) is 0 Å². The van der Waals surface area contributed by atoms with E-state index in [1.807, 2.05) is 48.5 Å².